The number of fused-ring (bicyclic) bond motifs is 1. The molecule has 0 saturated carbocycles. The summed E-state index contributed by atoms with van der Waals surface area (Å²) >= 11 is 0. The fraction of sp³-hybridized carbons (Fsp3) is 0.286. The number of aromatic amines is 1. The molecule has 2 N–H and O–H groups in total. The van der Waals surface area contributed by atoms with Gasteiger partial charge in [-0.1, -0.05) is 55.5 Å². The van der Waals surface area contributed by atoms with E-state index in [0.717, 1.165) is 11.9 Å². The summed E-state index contributed by atoms with van der Waals surface area (Å²) in [6, 6.07) is 17.3. The average Bonchev–Trinajstić information content (AvgIpc) is 3.13. The summed E-state index contributed by atoms with van der Waals surface area (Å²) in [5, 5.41) is 10.3. The molecule has 1 heterocycles. The predicted octanol–water partition coefficient (Wildman–Crippen LogP) is 3.42. The van der Waals surface area contributed by atoms with Crippen LogP contribution < -0.4 is 5.32 Å². The van der Waals surface area contributed by atoms with Crippen LogP contribution in [-0.4, -0.2) is 34.7 Å². The van der Waals surface area contributed by atoms with Gasteiger partial charge in [-0.2, -0.15) is 5.10 Å². The van der Waals surface area contributed by atoms with Crippen molar-refractivity contribution in [1.29, 1.82) is 0 Å². The minimum absolute atomic E-state index is 0.181. The van der Waals surface area contributed by atoms with Gasteiger partial charge in [-0.25, -0.2) is 4.79 Å². The Labute approximate surface area is 157 Å². The Morgan fingerprint density at radius 2 is 1.81 bits per heavy atom. The van der Waals surface area contributed by atoms with Gasteiger partial charge in [0.05, 0.1) is 5.52 Å². The fourth-order valence-corrected chi connectivity index (χ4v) is 2.98. The minimum atomic E-state index is -0.902. The maximum atomic E-state index is 12.4. The first kappa shape index (κ1) is 18.6. The molecule has 2 aromatic carbocycles. The van der Waals surface area contributed by atoms with Crippen LogP contribution in [0.1, 0.15) is 42.2 Å². The zero-order valence-electron chi connectivity index (χ0n) is 15.4. The van der Waals surface area contributed by atoms with Crippen LogP contribution in [0.4, 0.5) is 0 Å². The van der Waals surface area contributed by atoms with E-state index in [0.29, 0.717) is 11.9 Å². The van der Waals surface area contributed by atoms with Crippen LogP contribution in [0.25, 0.3) is 10.9 Å². The quantitative estimate of drug-likeness (QED) is 0.629. The number of hydrogen-bond donors (Lipinski definition) is 2. The molecule has 140 valence electrons. The number of esters is 1. The summed E-state index contributed by atoms with van der Waals surface area (Å²) in [6.07, 6.45) is -0.00111. The van der Waals surface area contributed by atoms with E-state index >= 15 is 0 Å². The zero-order chi connectivity index (χ0) is 19.2. The highest BCUT2D eigenvalue weighted by atomic mass is 16.5. The molecule has 3 rings (SSSR count). The lowest BCUT2D eigenvalue weighted by Gasteiger charge is -2.18. The highest BCUT2D eigenvalue weighted by Crippen LogP contribution is 2.19. The Balaban J connectivity index is 1.58. The summed E-state index contributed by atoms with van der Waals surface area (Å²) < 4.78 is 5.30. The Bertz CT molecular complexity index is 921. The maximum absolute atomic E-state index is 12.4. The molecule has 3 aromatic rings. The number of carbonyl (C=O) groups excluding carboxylic acids is 2. The third-order valence-corrected chi connectivity index (χ3v) is 4.60. The molecule has 2 atom stereocenters. The molecule has 1 amide bonds. The molecule has 0 spiro atoms. The molecule has 0 aliphatic heterocycles. The van der Waals surface area contributed by atoms with E-state index < -0.39 is 12.1 Å². The second-order valence-electron chi connectivity index (χ2n) is 6.43. The van der Waals surface area contributed by atoms with E-state index in [1.807, 2.05) is 48.5 Å². The Hall–Kier alpha value is -3.15. The van der Waals surface area contributed by atoms with Crippen LogP contribution >= 0.6 is 0 Å². The topological polar surface area (TPSA) is 84.1 Å². The van der Waals surface area contributed by atoms with Gasteiger partial charge in [0.15, 0.2) is 11.8 Å². The lowest BCUT2D eigenvalue weighted by atomic mass is 9.96. The van der Waals surface area contributed by atoms with Crippen molar-refractivity contribution in [1.82, 2.24) is 15.5 Å². The predicted molar refractivity (Wildman–Crippen MR) is 103 cm³/mol. The molecule has 6 heteroatoms. The van der Waals surface area contributed by atoms with Crippen molar-refractivity contribution in [2.75, 3.05) is 6.54 Å². The molecular weight excluding hydrogens is 342 g/mol. The first-order chi connectivity index (χ1) is 13.1. The molecule has 0 fully saturated rings. The van der Waals surface area contributed by atoms with Gasteiger partial charge in [0.1, 0.15) is 0 Å². The number of ether oxygens (including phenoxy) is 1. The molecule has 6 nitrogen and oxygen atoms in total. The first-order valence-electron chi connectivity index (χ1n) is 9.07. The van der Waals surface area contributed by atoms with Gasteiger partial charge >= 0.3 is 5.97 Å². The van der Waals surface area contributed by atoms with Crippen LogP contribution in [-0.2, 0) is 9.53 Å². The Morgan fingerprint density at radius 3 is 2.56 bits per heavy atom. The van der Waals surface area contributed by atoms with Crippen molar-refractivity contribution in [3.63, 3.8) is 0 Å². The highest BCUT2D eigenvalue weighted by molar-refractivity contribution is 6.02. The molecule has 0 radical (unpaired) electrons. The van der Waals surface area contributed by atoms with Crippen molar-refractivity contribution in [2.45, 2.75) is 32.3 Å². The average molecular weight is 365 g/mol. The van der Waals surface area contributed by atoms with E-state index in [1.165, 1.54) is 5.56 Å². The summed E-state index contributed by atoms with van der Waals surface area (Å²) in [4.78, 5) is 24.7. The number of nitrogens with one attached hydrogen (secondary N) is 2. The molecule has 0 aliphatic rings. The second kappa shape index (κ2) is 8.49. The molecule has 0 unspecified atom stereocenters. The molecule has 1 aromatic heterocycles. The largest absolute Gasteiger partial charge is 0.448 e. The van der Waals surface area contributed by atoms with E-state index in [-0.39, 0.29) is 17.5 Å². The highest BCUT2D eigenvalue weighted by Gasteiger charge is 2.22. The van der Waals surface area contributed by atoms with Crippen LogP contribution in [0.15, 0.2) is 54.6 Å². The summed E-state index contributed by atoms with van der Waals surface area (Å²) in [5.74, 6) is -0.726. The van der Waals surface area contributed by atoms with E-state index in [1.54, 1.807) is 13.0 Å². The van der Waals surface area contributed by atoms with E-state index in [2.05, 4.69) is 22.4 Å². The number of para-hydroxylation sites is 1. The molecular formula is C21H23N3O3. The Morgan fingerprint density at radius 1 is 1.11 bits per heavy atom. The molecule has 27 heavy (non-hydrogen) atoms. The van der Waals surface area contributed by atoms with Crippen LogP contribution in [0, 0.1) is 0 Å². The molecule has 0 aliphatic carbocycles. The number of aromatic nitrogens is 2. The number of nitrogens with zero attached hydrogens (tertiary/aromatic N) is 1. The van der Waals surface area contributed by atoms with Gasteiger partial charge < -0.3 is 10.1 Å². The van der Waals surface area contributed by atoms with Gasteiger partial charge in [0.2, 0.25) is 0 Å². The third kappa shape index (κ3) is 4.34. The second-order valence-corrected chi connectivity index (χ2v) is 6.43. The summed E-state index contributed by atoms with van der Waals surface area (Å²) in [5.41, 5.74) is 2.10. The normalized spacial score (nSPS) is 13.1. The van der Waals surface area contributed by atoms with Crippen LogP contribution in [0.3, 0.4) is 0 Å². The maximum Gasteiger partial charge on any atom is 0.360 e. The number of benzene rings is 2. The van der Waals surface area contributed by atoms with E-state index in [4.69, 9.17) is 4.74 Å². The third-order valence-electron chi connectivity index (χ3n) is 4.60. The number of rotatable bonds is 7. The number of carbonyl (C=O) groups is 2. The monoisotopic (exact) mass is 365 g/mol. The van der Waals surface area contributed by atoms with E-state index in [9.17, 15) is 9.59 Å². The summed E-state index contributed by atoms with van der Waals surface area (Å²) in [7, 11) is 0. The standard InChI is InChI=1S/C21H23N3O3/c1-3-15(16-9-5-4-6-10-16)13-22-20(25)14(2)27-21(26)19-17-11-7-8-12-18(17)23-24-19/h4-12,14-15H,3,13H2,1-2H3,(H,22,25)(H,23,24)/t14-,15+/m1/s1. The molecule has 0 bridgehead atoms. The lowest BCUT2D eigenvalue weighted by Crippen LogP contribution is -2.38. The van der Waals surface area contributed by atoms with Crippen LogP contribution in [0.5, 0.6) is 0 Å². The lowest BCUT2D eigenvalue weighted by molar-refractivity contribution is -0.129. The van der Waals surface area contributed by atoms with Crippen molar-refractivity contribution >= 4 is 22.8 Å². The van der Waals surface area contributed by atoms with Gasteiger partial charge in [-0.15, -0.1) is 0 Å². The zero-order valence-corrected chi connectivity index (χ0v) is 15.4. The van der Waals surface area contributed by atoms with Gasteiger partial charge in [-0.3, -0.25) is 9.89 Å². The van der Waals surface area contributed by atoms with Crippen LogP contribution in [0.2, 0.25) is 0 Å². The van der Waals surface area contributed by atoms with Gasteiger partial charge in [-0.05, 0) is 25.0 Å². The number of hydrogen-bond acceptors (Lipinski definition) is 4. The number of H-pyrrole nitrogens is 1. The summed E-state index contributed by atoms with van der Waals surface area (Å²) in [6.45, 7) is 4.13. The Kier molecular flexibility index (Phi) is 5.86. The number of amides is 1. The van der Waals surface area contributed by atoms with Gasteiger partial charge in [0, 0.05) is 17.8 Å². The van der Waals surface area contributed by atoms with Crippen molar-refractivity contribution in [2.24, 2.45) is 0 Å². The van der Waals surface area contributed by atoms with Crippen molar-refractivity contribution < 1.29 is 14.3 Å². The van der Waals surface area contributed by atoms with Gasteiger partial charge in [0.25, 0.3) is 5.91 Å². The SMILES string of the molecule is CC[C@@H](CNC(=O)[C@@H](C)OC(=O)c1n[nH]c2ccccc12)c1ccccc1. The van der Waals surface area contributed by atoms with Crippen molar-refractivity contribution in [3.8, 4) is 0 Å². The first-order valence-corrected chi connectivity index (χ1v) is 9.07. The smallest absolute Gasteiger partial charge is 0.360 e. The molecule has 0 saturated heterocycles. The van der Waals surface area contributed by atoms with Crippen molar-refractivity contribution in [3.05, 3.63) is 65.9 Å². The fourth-order valence-electron chi connectivity index (χ4n) is 2.98. The minimum Gasteiger partial charge on any atom is -0.448 e.